The molecule has 3 nitrogen and oxygen atoms in total. The van der Waals surface area contributed by atoms with Gasteiger partial charge in [-0.2, -0.15) is 0 Å². The lowest BCUT2D eigenvalue weighted by molar-refractivity contribution is -0.131. The molecule has 3 heteroatoms. The number of carbonyl (C=O) groups is 1. The Labute approximate surface area is 138 Å². The van der Waals surface area contributed by atoms with Crippen LogP contribution in [0.25, 0.3) is 0 Å². The highest BCUT2D eigenvalue weighted by molar-refractivity contribution is 5.76. The zero-order chi connectivity index (χ0) is 16.5. The second-order valence-corrected chi connectivity index (χ2v) is 6.39. The molecule has 0 bridgehead atoms. The van der Waals surface area contributed by atoms with E-state index in [-0.39, 0.29) is 12.5 Å². The van der Waals surface area contributed by atoms with Crippen molar-refractivity contribution >= 4 is 5.91 Å². The van der Waals surface area contributed by atoms with Crippen LogP contribution in [0.3, 0.4) is 0 Å². The van der Waals surface area contributed by atoms with Gasteiger partial charge in [-0.3, -0.25) is 4.79 Å². The summed E-state index contributed by atoms with van der Waals surface area (Å²) >= 11 is 0. The number of unbranched alkanes of at least 4 members (excludes halogenated alkanes) is 10. The van der Waals surface area contributed by atoms with E-state index in [1.54, 1.807) is 4.90 Å². The fourth-order valence-corrected chi connectivity index (χ4v) is 2.85. The van der Waals surface area contributed by atoms with Gasteiger partial charge in [0.05, 0.1) is 6.61 Å². The van der Waals surface area contributed by atoms with Crippen LogP contribution >= 0.6 is 0 Å². The zero-order valence-corrected chi connectivity index (χ0v) is 15.1. The molecule has 0 aromatic heterocycles. The molecule has 0 spiro atoms. The van der Waals surface area contributed by atoms with Crippen LogP contribution in [0.1, 0.15) is 97.3 Å². The van der Waals surface area contributed by atoms with Gasteiger partial charge in [-0.25, -0.2) is 0 Å². The third kappa shape index (κ3) is 13.1. The largest absolute Gasteiger partial charge is 0.395 e. The standard InChI is InChI=1S/C19H39NO2/c1-3-5-6-7-8-9-10-11-12-13-14-15-19(22)20(16-4-2)17-18-21/h21H,3-18H2,1-2H3. The summed E-state index contributed by atoms with van der Waals surface area (Å²) in [7, 11) is 0. The van der Waals surface area contributed by atoms with Crippen LogP contribution < -0.4 is 0 Å². The molecule has 0 radical (unpaired) electrons. The average molecular weight is 314 g/mol. The highest BCUT2D eigenvalue weighted by atomic mass is 16.3. The predicted octanol–water partition coefficient (Wildman–Crippen LogP) is 4.92. The van der Waals surface area contributed by atoms with Gasteiger partial charge in [0.25, 0.3) is 0 Å². The Morgan fingerprint density at radius 3 is 1.68 bits per heavy atom. The second-order valence-electron chi connectivity index (χ2n) is 6.39. The summed E-state index contributed by atoms with van der Waals surface area (Å²) in [6.07, 6.45) is 16.0. The molecule has 0 aliphatic heterocycles. The topological polar surface area (TPSA) is 40.5 Å². The fourth-order valence-electron chi connectivity index (χ4n) is 2.85. The van der Waals surface area contributed by atoms with Gasteiger partial charge in [0.15, 0.2) is 0 Å². The molecule has 0 atom stereocenters. The number of hydrogen-bond acceptors (Lipinski definition) is 2. The number of aliphatic hydroxyl groups is 1. The van der Waals surface area contributed by atoms with Crippen LogP contribution in [-0.4, -0.2) is 35.6 Å². The Morgan fingerprint density at radius 2 is 1.23 bits per heavy atom. The van der Waals surface area contributed by atoms with Crippen molar-refractivity contribution in [3.63, 3.8) is 0 Å². The Morgan fingerprint density at radius 1 is 0.727 bits per heavy atom. The molecule has 0 aliphatic rings. The maximum Gasteiger partial charge on any atom is 0.222 e. The Balaban J connectivity index is 3.39. The van der Waals surface area contributed by atoms with E-state index in [1.807, 2.05) is 0 Å². The highest BCUT2D eigenvalue weighted by Crippen LogP contribution is 2.12. The van der Waals surface area contributed by atoms with Crippen LogP contribution in [0.2, 0.25) is 0 Å². The quantitative estimate of drug-likeness (QED) is 0.411. The van der Waals surface area contributed by atoms with E-state index >= 15 is 0 Å². The van der Waals surface area contributed by atoms with Crippen molar-refractivity contribution in [2.24, 2.45) is 0 Å². The van der Waals surface area contributed by atoms with Crippen molar-refractivity contribution in [3.05, 3.63) is 0 Å². The lowest BCUT2D eigenvalue weighted by Gasteiger charge is -2.20. The van der Waals surface area contributed by atoms with E-state index in [1.165, 1.54) is 64.2 Å². The molecule has 132 valence electrons. The van der Waals surface area contributed by atoms with E-state index in [0.29, 0.717) is 13.0 Å². The second kappa shape index (κ2) is 16.8. The Kier molecular flexibility index (Phi) is 16.4. The predicted molar refractivity (Wildman–Crippen MR) is 95.0 cm³/mol. The molecule has 0 aliphatic carbocycles. The average Bonchev–Trinajstić information content (AvgIpc) is 2.52. The van der Waals surface area contributed by atoms with Crippen LogP contribution in [0.4, 0.5) is 0 Å². The van der Waals surface area contributed by atoms with Gasteiger partial charge in [-0.15, -0.1) is 0 Å². The summed E-state index contributed by atoms with van der Waals surface area (Å²) < 4.78 is 0. The van der Waals surface area contributed by atoms with Crippen molar-refractivity contribution < 1.29 is 9.90 Å². The molecule has 0 heterocycles. The molecule has 1 amide bonds. The first-order chi connectivity index (χ1) is 10.8. The van der Waals surface area contributed by atoms with Crippen molar-refractivity contribution in [3.8, 4) is 0 Å². The molecular weight excluding hydrogens is 274 g/mol. The maximum atomic E-state index is 12.0. The molecule has 0 rings (SSSR count). The van der Waals surface area contributed by atoms with Gasteiger partial charge in [-0.05, 0) is 12.8 Å². The van der Waals surface area contributed by atoms with Gasteiger partial charge in [0.1, 0.15) is 0 Å². The van der Waals surface area contributed by atoms with E-state index in [4.69, 9.17) is 5.11 Å². The summed E-state index contributed by atoms with van der Waals surface area (Å²) in [6.45, 7) is 5.67. The van der Waals surface area contributed by atoms with Crippen LogP contribution in [0.5, 0.6) is 0 Å². The third-order valence-electron chi connectivity index (χ3n) is 4.21. The molecule has 0 aromatic carbocycles. The fraction of sp³-hybridized carbons (Fsp3) is 0.947. The van der Waals surface area contributed by atoms with Gasteiger partial charge in [0, 0.05) is 19.5 Å². The highest BCUT2D eigenvalue weighted by Gasteiger charge is 2.10. The lowest BCUT2D eigenvalue weighted by atomic mass is 10.1. The number of hydrogen-bond donors (Lipinski definition) is 1. The first kappa shape index (κ1) is 21.4. The zero-order valence-electron chi connectivity index (χ0n) is 15.1. The van der Waals surface area contributed by atoms with Crippen molar-refractivity contribution in [2.45, 2.75) is 97.3 Å². The summed E-state index contributed by atoms with van der Waals surface area (Å²) in [4.78, 5) is 13.8. The van der Waals surface area contributed by atoms with Crippen molar-refractivity contribution in [1.82, 2.24) is 4.90 Å². The lowest BCUT2D eigenvalue weighted by Crippen LogP contribution is -2.34. The minimum atomic E-state index is 0.0734. The number of amides is 1. The van der Waals surface area contributed by atoms with Gasteiger partial charge >= 0.3 is 0 Å². The molecule has 0 saturated carbocycles. The van der Waals surface area contributed by atoms with Crippen LogP contribution in [0, 0.1) is 0 Å². The van der Waals surface area contributed by atoms with Gasteiger partial charge in [0.2, 0.25) is 5.91 Å². The molecule has 0 aromatic rings. The van der Waals surface area contributed by atoms with E-state index in [2.05, 4.69) is 13.8 Å². The Bertz CT molecular complexity index is 238. The van der Waals surface area contributed by atoms with Gasteiger partial charge in [-0.1, -0.05) is 78.1 Å². The molecule has 0 fully saturated rings. The number of carbonyl (C=O) groups excluding carboxylic acids is 1. The Hall–Kier alpha value is -0.570. The minimum absolute atomic E-state index is 0.0734. The maximum absolute atomic E-state index is 12.0. The minimum Gasteiger partial charge on any atom is -0.395 e. The van der Waals surface area contributed by atoms with E-state index in [0.717, 1.165) is 19.4 Å². The van der Waals surface area contributed by atoms with E-state index in [9.17, 15) is 4.79 Å². The SMILES string of the molecule is CCCCCCCCCCCCCC(=O)N(CCC)CCO. The third-order valence-corrected chi connectivity index (χ3v) is 4.21. The number of rotatable bonds is 16. The van der Waals surface area contributed by atoms with Crippen molar-refractivity contribution in [2.75, 3.05) is 19.7 Å². The summed E-state index contributed by atoms with van der Waals surface area (Å²) in [5.41, 5.74) is 0. The molecule has 0 unspecified atom stereocenters. The molecular formula is C19H39NO2. The molecule has 22 heavy (non-hydrogen) atoms. The van der Waals surface area contributed by atoms with Gasteiger partial charge < -0.3 is 10.0 Å². The first-order valence-corrected chi connectivity index (χ1v) is 9.64. The number of nitrogens with zero attached hydrogens (tertiary/aromatic N) is 1. The monoisotopic (exact) mass is 313 g/mol. The smallest absolute Gasteiger partial charge is 0.222 e. The normalized spacial score (nSPS) is 10.9. The molecule has 1 N–H and O–H groups in total. The first-order valence-electron chi connectivity index (χ1n) is 9.64. The summed E-state index contributed by atoms with van der Waals surface area (Å²) in [5, 5.41) is 8.98. The van der Waals surface area contributed by atoms with E-state index < -0.39 is 0 Å². The number of aliphatic hydroxyl groups excluding tert-OH is 1. The molecule has 0 saturated heterocycles. The van der Waals surface area contributed by atoms with Crippen molar-refractivity contribution in [1.29, 1.82) is 0 Å². The summed E-state index contributed by atoms with van der Waals surface area (Å²) in [5.74, 6) is 0.215. The van der Waals surface area contributed by atoms with Crippen LogP contribution in [-0.2, 0) is 4.79 Å². The summed E-state index contributed by atoms with van der Waals surface area (Å²) in [6, 6.07) is 0. The van der Waals surface area contributed by atoms with Crippen LogP contribution in [0.15, 0.2) is 0 Å².